The summed E-state index contributed by atoms with van der Waals surface area (Å²) >= 11 is 0. The summed E-state index contributed by atoms with van der Waals surface area (Å²) in [6, 6.07) is 1.77. The fraction of sp³-hybridized carbons (Fsp3) is 0.538. The minimum absolute atomic E-state index is 0.164. The number of aliphatic carboxylic acids is 1. The summed E-state index contributed by atoms with van der Waals surface area (Å²) in [5.74, 6) is -1.97. The van der Waals surface area contributed by atoms with Crippen LogP contribution in [0.15, 0.2) is 23.0 Å². The maximum absolute atomic E-state index is 12.0. The lowest BCUT2D eigenvalue weighted by Crippen LogP contribution is -2.39. The monoisotopic (exact) mass is 251 g/mol. The lowest BCUT2D eigenvalue weighted by Gasteiger charge is -2.27. The number of carboxylic acids is 1. The van der Waals surface area contributed by atoms with E-state index in [2.05, 4.69) is 5.32 Å². The molecule has 2 atom stereocenters. The summed E-state index contributed by atoms with van der Waals surface area (Å²) in [7, 11) is 0. The van der Waals surface area contributed by atoms with Gasteiger partial charge in [-0.2, -0.15) is 0 Å². The van der Waals surface area contributed by atoms with Gasteiger partial charge in [0.1, 0.15) is 0 Å². The molecule has 0 bridgehead atoms. The largest absolute Gasteiger partial charge is 0.481 e. The zero-order valence-electron chi connectivity index (χ0n) is 10.1. The van der Waals surface area contributed by atoms with Gasteiger partial charge in [0.2, 0.25) is 5.91 Å². The van der Waals surface area contributed by atoms with Crippen molar-refractivity contribution in [3.8, 4) is 0 Å². The van der Waals surface area contributed by atoms with Crippen molar-refractivity contribution >= 4 is 11.9 Å². The van der Waals surface area contributed by atoms with E-state index in [0.29, 0.717) is 19.4 Å². The highest BCUT2D eigenvalue weighted by atomic mass is 16.4. The third-order valence-corrected chi connectivity index (χ3v) is 3.47. The summed E-state index contributed by atoms with van der Waals surface area (Å²) in [4.78, 5) is 23.1. The molecule has 2 rings (SSSR count). The molecule has 0 aromatic carbocycles. The number of carbonyl (C=O) groups is 2. The van der Waals surface area contributed by atoms with Crippen LogP contribution in [0.2, 0.25) is 0 Å². The molecular weight excluding hydrogens is 234 g/mol. The molecule has 0 saturated heterocycles. The summed E-state index contributed by atoms with van der Waals surface area (Å²) < 4.78 is 4.91. The second-order valence-corrected chi connectivity index (χ2v) is 4.69. The van der Waals surface area contributed by atoms with Crippen LogP contribution in [0.1, 0.15) is 31.2 Å². The van der Waals surface area contributed by atoms with E-state index in [4.69, 9.17) is 9.52 Å². The summed E-state index contributed by atoms with van der Waals surface area (Å²) in [5.41, 5.74) is 0.881. The Hall–Kier alpha value is -1.78. The van der Waals surface area contributed by atoms with Gasteiger partial charge in [-0.3, -0.25) is 9.59 Å². The molecule has 5 heteroatoms. The number of carbonyl (C=O) groups excluding carboxylic acids is 1. The summed E-state index contributed by atoms with van der Waals surface area (Å²) in [6.45, 7) is 0.387. The number of hydrogen-bond acceptors (Lipinski definition) is 3. The smallest absolute Gasteiger partial charge is 0.307 e. The Balaban J connectivity index is 1.92. The summed E-state index contributed by atoms with van der Waals surface area (Å²) in [6.07, 6.45) is 6.18. The molecule has 1 aromatic heterocycles. The van der Waals surface area contributed by atoms with Crippen molar-refractivity contribution in [3.63, 3.8) is 0 Å². The first-order chi connectivity index (χ1) is 8.68. The maximum Gasteiger partial charge on any atom is 0.307 e. The fourth-order valence-corrected chi connectivity index (χ4v) is 2.45. The predicted molar refractivity (Wildman–Crippen MR) is 63.6 cm³/mol. The molecule has 1 aromatic rings. The molecule has 1 aliphatic rings. The van der Waals surface area contributed by atoms with Gasteiger partial charge in [0, 0.05) is 12.1 Å². The van der Waals surface area contributed by atoms with Crippen molar-refractivity contribution in [2.45, 2.75) is 32.2 Å². The van der Waals surface area contributed by atoms with Crippen molar-refractivity contribution in [1.29, 1.82) is 0 Å². The first-order valence-corrected chi connectivity index (χ1v) is 6.20. The van der Waals surface area contributed by atoms with E-state index in [1.54, 1.807) is 18.6 Å². The molecule has 98 valence electrons. The average molecular weight is 251 g/mol. The highest BCUT2D eigenvalue weighted by Crippen LogP contribution is 2.30. The van der Waals surface area contributed by atoms with Crippen molar-refractivity contribution in [3.05, 3.63) is 24.2 Å². The SMILES string of the molecule is O=C(O)[C@H]1CCCC[C@H]1C(=O)NCc1ccoc1. The van der Waals surface area contributed by atoms with Crippen LogP contribution >= 0.6 is 0 Å². The Labute approximate surface area is 105 Å². The lowest BCUT2D eigenvalue weighted by molar-refractivity contribution is -0.148. The van der Waals surface area contributed by atoms with Crippen LogP contribution in [0.3, 0.4) is 0 Å². The number of rotatable bonds is 4. The number of furan rings is 1. The van der Waals surface area contributed by atoms with E-state index in [0.717, 1.165) is 18.4 Å². The van der Waals surface area contributed by atoms with Gasteiger partial charge in [-0.15, -0.1) is 0 Å². The zero-order chi connectivity index (χ0) is 13.0. The third kappa shape index (κ3) is 2.91. The number of carboxylic acid groups (broad SMARTS) is 1. The minimum atomic E-state index is -0.863. The van der Waals surface area contributed by atoms with E-state index in [9.17, 15) is 9.59 Å². The standard InChI is InChI=1S/C13H17NO4/c15-12(14-7-9-5-6-18-8-9)10-3-1-2-4-11(10)13(16)17/h5-6,8,10-11H,1-4,7H2,(H,14,15)(H,16,17)/t10-,11+/m1/s1. The molecule has 1 aliphatic carbocycles. The van der Waals surface area contributed by atoms with E-state index < -0.39 is 17.8 Å². The molecule has 0 unspecified atom stereocenters. The van der Waals surface area contributed by atoms with E-state index in [1.165, 1.54) is 0 Å². The van der Waals surface area contributed by atoms with Crippen LogP contribution < -0.4 is 5.32 Å². The van der Waals surface area contributed by atoms with Gasteiger partial charge in [0.05, 0.1) is 24.4 Å². The van der Waals surface area contributed by atoms with E-state index in [-0.39, 0.29) is 5.91 Å². The molecule has 0 spiro atoms. The van der Waals surface area contributed by atoms with Crippen LogP contribution in [0.25, 0.3) is 0 Å². The predicted octanol–water partition coefficient (Wildman–Crippen LogP) is 1.79. The Morgan fingerprint density at radius 3 is 2.67 bits per heavy atom. The van der Waals surface area contributed by atoms with E-state index in [1.807, 2.05) is 0 Å². The molecule has 5 nitrogen and oxygen atoms in total. The normalized spacial score (nSPS) is 23.6. The molecule has 2 N–H and O–H groups in total. The number of hydrogen-bond donors (Lipinski definition) is 2. The third-order valence-electron chi connectivity index (χ3n) is 3.47. The molecule has 0 aliphatic heterocycles. The Kier molecular flexibility index (Phi) is 4.02. The second kappa shape index (κ2) is 5.71. The van der Waals surface area contributed by atoms with Crippen molar-refractivity contribution < 1.29 is 19.1 Å². The van der Waals surface area contributed by atoms with Crippen LogP contribution in [0.5, 0.6) is 0 Å². The fourth-order valence-electron chi connectivity index (χ4n) is 2.45. The second-order valence-electron chi connectivity index (χ2n) is 4.69. The van der Waals surface area contributed by atoms with Gasteiger partial charge in [0.25, 0.3) is 0 Å². The maximum atomic E-state index is 12.0. The molecule has 1 saturated carbocycles. The Bertz CT molecular complexity index is 413. The lowest BCUT2D eigenvalue weighted by atomic mass is 9.78. The van der Waals surface area contributed by atoms with Crippen molar-refractivity contribution in [2.24, 2.45) is 11.8 Å². The Morgan fingerprint density at radius 1 is 1.33 bits per heavy atom. The molecule has 0 radical (unpaired) electrons. The number of nitrogens with one attached hydrogen (secondary N) is 1. The van der Waals surface area contributed by atoms with Gasteiger partial charge >= 0.3 is 5.97 Å². The molecule has 1 fully saturated rings. The molecule has 1 amide bonds. The minimum Gasteiger partial charge on any atom is -0.481 e. The van der Waals surface area contributed by atoms with Gasteiger partial charge < -0.3 is 14.8 Å². The molecule has 18 heavy (non-hydrogen) atoms. The van der Waals surface area contributed by atoms with Gasteiger partial charge in [-0.25, -0.2) is 0 Å². The highest BCUT2D eigenvalue weighted by molar-refractivity contribution is 5.84. The Morgan fingerprint density at radius 2 is 2.06 bits per heavy atom. The van der Waals surface area contributed by atoms with Gasteiger partial charge in [-0.05, 0) is 18.9 Å². The zero-order valence-corrected chi connectivity index (χ0v) is 10.1. The number of amides is 1. The molecule has 1 heterocycles. The molecular formula is C13H17NO4. The van der Waals surface area contributed by atoms with Crippen molar-refractivity contribution in [1.82, 2.24) is 5.32 Å². The van der Waals surface area contributed by atoms with Crippen LogP contribution in [0.4, 0.5) is 0 Å². The highest BCUT2D eigenvalue weighted by Gasteiger charge is 2.35. The average Bonchev–Trinajstić information content (AvgIpc) is 2.89. The quantitative estimate of drug-likeness (QED) is 0.855. The van der Waals surface area contributed by atoms with Crippen LogP contribution in [-0.2, 0) is 16.1 Å². The topological polar surface area (TPSA) is 79.5 Å². The van der Waals surface area contributed by atoms with Gasteiger partial charge in [-0.1, -0.05) is 12.8 Å². The van der Waals surface area contributed by atoms with Crippen LogP contribution in [0, 0.1) is 11.8 Å². The van der Waals surface area contributed by atoms with Gasteiger partial charge in [0.15, 0.2) is 0 Å². The summed E-state index contributed by atoms with van der Waals surface area (Å²) in [5, 5.41) is 11.9. The van der Waals surface area contributed by atoms with Crippen molar-refractivity contribution in [2.75, 3.05) is 0 Å². The van der Waals surface area contributed by atoms with E-state index >= 15 is 0 Å². The van der Waals surface area contributed by atoms with Crippen LogP contribution in [-0.4, -0.2) is 17.0 Å². The first kappa shape index (κ1) is 12.7. The first-order valence-electron chi connectivity index (χ1n) is 6.20.